The van der Waals surface area contributed by atoms with E-state index in [1.807, 2.05) is 12.1 Å². The Hall–Kier alpha value is -5.08. The lowest BCUT2D eigenvalue weighted by Crippen LogP contribution is -2.28. The molecule has 3 aliphatic carbocycles. The monoisotopic (exact) mass is 525 g/mol. The van der Waals surface area contributed by atoms with Crippen molar-refractivity contribution in [3.8, 4) is 22.6 Å². The molecule has 0 saturated carbocycles. The van der Waals surface area contributed by atoms with Crippen molar-refractivity contribution >= 4 is 22.6 Å². The SMILES string of the molecule is Cc1ccc2c(c1)C1(C3=C(C=CC=CC3)c3ccccc31)c1cc(N3c4ccccc4Oc4ccccc43)ccc1-2. The van der Waals surface area contributed by atoms with Gasteiger partial charge < -0.3 is 9.64 Å². The molecule has 2 nitrogen and oxygen atoms in total. The van der Waals surface area contributed by atoms with Crippen LogP contribution in [-0.2, 0) is 5.41 Å². The minimum atomic E-state index is -0.344. The van der Waals surface area contributed by atoms with Gasteiger partial charge in [0.05, 0.1) is 16.8 Å². The molecule has 0 aromatic heterocycles. The van der Waals surface area contributed by atoms with Crippen molar-refractivity contribution < 1.29 is 4.74 Å². The molecule has 9 rings (SSSR count). The molecule has 1 heterocycles. The predicted molar refractivity (Wildman–Crippen MR) is 168 cm³/mol. The number of ether oxygens (including phenoxy) is 1. The van der Waals surface area contributed by atoms with E-state index in [0.29, 0.717) is 0 Å². The Morgan fingerprint density at radius 3 is 2.12 bits per heavy atom. The zero-order valence-corrected chi connectivity index (χ0v) is 22.8. The second-order valence-corrected chi connectivity index (χ2v) is 11.3. The van der Waals surface area contributed by atoms with Crippen LogP contribution in [0.1, 0.15) is 34.2 Å². The van der Waals surface area contributed by atoms with Crippen LogP contribution in [0.15, 0.2) is 139 Å². The molecule has 1 spiro atoms. The van der Waals surface area contributed by atoms with E-state index < -0.39 is 0 Å². The van der Waals surface area contributed by atoms with Crippen LogP contribution < -0.4 is 9.64 Å². The van der Waals surface area contributed by atoms with E-state index in [-0.39, 0.29) is 5.41 Å². The second kappa shape index (κ2) is 8.22. The number of aryl methyl sites for hydroxylation is 1. The Labute approximate surface area is 240 Å². The van der Waals surface area contributed by atoms with Crippen LogP contribution in [0.3, 0.4) is 0 Å². The molecule has 0 saturated heterocycles. The third-order valence-electron chi connectivity index (χ3n) is 9.20. The Morgan fingerprint density at radius 2 is 1.32 bits per heavy atom. The number of allylic oxidation sites excluding steroid dienone is 6. The second-order valence-electron chi connectivity index (χ2n) is 11.3. The smallest absolute Gasteiger partial charge is 0.151 e. The van der Waals surface area contributed by atoms with Gasteiger partial charge >= 0.3 is 0 Å². The van der Waals surface area contributed by atoms with Crippen molar-refractivity contribution in [2.45, 2.75) is 18.8 Å². The van der Waals surface area contributed by atoms with Gasteiger partial charge in [0, 0.05) is 5.69 Å². The molecule has 0 N–H and O–H groups in total. The van der Waals surface area contributed by atoms with Crippen LogP contribution >= 0.6 is 0 Å². The van der Waals surface area contributed by atoms with E-state index in [4.69, 9.17) is 4.74 Å². The van der Waals surface area contributed by atoms with Gasteiger partial charge in [0.15, 0.2) is 11.5 Å². The maximum Gasteiger partial charge on any atom is 0.151 e. The summed E-state index contributed by atoms with van der Waals surface area (Å²) in [7, 11) is 0. The Morgan fingerprint density at radius 1 is 0.634 bits per heavy atom. The van der Waals surface area contributed by atoms with Crippen molar-refractivity contribution in [2.75, 3.05) is 4.90 Å². The largest absolute Gasteiger partial charge is 0.453 e. The number of para-hydroxylation sites is 4. The van der Waals surface area contributed by atoms with Gasteiger partial charge in [-0.1, -0.05) is 103 Å². The summed E-state index contributed by atoms with van der Waals surface area (Å²) in [6.07, 6.45) is 9.94. The molecule has 41 heavy (non-hydrogen) atoms. The average molecular weight is 526 g/mol. The van der Waals surface area contributed by atoms with Crippen molar-refractivity contribution in [1.29, 1.82) is 0 Å². The van der Waals surface area contributed by atoms with Crippen LogP contribution in [0.25, 0.3) is 16.7 Å². The summed E-state index contributed by atoms with van der Waals surface area (Å²) in [6, 6.07) is 39.8. The lowest BCUT2D eigenvalue weighted by atomic mass is 9.68. The number of rotatable bonds is 1. The molecule has 0 radical (unpaired) electrons. The minimum Gasteiger partial charge on any atom is -0.453 e. The first-order valence-corrected chi connectivity index (χ1v) is 14.3. The van der Waals surface area contributed by atoms with Crippen molar-refractivity contribution in [2.24, 2.45) is 0 Å². The fourth-order valence-corrected chi connectivity index (χ4v) is 7.60. The third-order valence-corrected chi connectivity index (χ3v) is 9.20. The summed E-state index contributed by atoms with van der Waals surface area (Å²) in [6.45, 7) is 2.22. The summed E-state index contributed by atoms with van der Waals surface area (Å²) >= 11 is 0. The molecule has 1 atom stereocenters. The maximum absolute atomic E-state index is 6.35. The highest BCUT2D eigenvalue weighted by atomic mass is 16.5. The van der Waals surface area contributed by atoms with Crippen LogP contribution in [0, 0.1) is 6.92 Å². The van der Waals surface area contributed by atoms with Gasteiger partial charge in [-0.15, -0.1) is 0 Å². The Balaban J connectivity index is 1.37. The lowest BCUT2D eigenvalue weighted by Gasteiger charge is -2.35. The van der Waals surface area contributed by atoms with Crippen LogP contribution in [0.4, 0.5) is 17.1 Å². The highest BCUT2D eigenvalue weighted by Gasteiger charge is 2.52. The first-order chi connectivity index (χ1) is 20.2. The molecule has 1 aliphatic heterocycles. The first-order valence-electron chi connectivity index (χ1n) is 14.3. The van der Waals surface area contributed by atoms with E-state index in [1.54, 1.807) is 0 Å². The maximum atomic E-state index is 6.35. The molecular formula is C39H27NO. The zero-order valence-electron chi connectivity index (χ0n) is 22.8. The summed E-state index contributed by atoms with van der Waals surface area (Å²) in [4.78, 5) is 2.36. The van der Waals surface area contributed by atoms with Crippen LogP contribution in [-0.4, -0.2) is 0 Å². The Kier molecular flexibility index (Phi) is 4.55. The molecule has 0 amide bonds. The molecule has 5 aromatic carbocycles. The number of nitrogens with zero attached hydrogens (tertiary/aromatic N) is 1. The van der Waals surface area contributed by atoms with Gasteiger partial charge in [0.2, 0.25) is 0 Å². The van der Waals surface area contributed by atoms with E-state index in [2.05, 4.69) is 133 Å². The number of hydrogen-bond acceptors (Lipinski definition) is 2. The van der Waals surface area contributed by atoms with Gasteiger partial charge in [0.1, 0.15) is 0 Å². The molecule has 2 heteroatoms. The average Bonchev–Trinajstić information content (AvgIpc) is 3.29. The topological polar surface area (TPSA) is 12.5 Å². The zero-order chi connectivity index (χ0) is 27.1. The van der Waals surface area contributed by atoms with Crippen LogP contribution in [0.5, 0.6) is 11.5 Å². The van der Waals surface area contributed by atoms with E-state index >= 15 is 0 Å². The molecular weight excluding hydrogens is 498 g/mol. The van der Waals surface area contributed by atoms with Crippen molar-refractivity contribution in [3.05, 3.63) is 167 Å². The van der Waals surface area contributed by atoms with E-state index in [0.717, 1.165) is 35.0 Å². The third kappa shape index (κ3) is 2.92. The molecule has 5 aromatic rings. The normalized spacial score (nSPS) is 18.7. The molecule has 1 unspecified atom stereocenters. The predicted octanol–water partition coefficient (Wildman–Crippen LogP) is 10.2. The number of benzene rings is 5. The quantitative estimate of drug-likeness (QED) is 0.212. The highest BCUT2D eigenvalue weighted by Crippen LogP contribution is 2.64. The number of hydrogen-bond donors (Lipinski definition) is 0. The molecule has 194 valence electrons. The van der Waals surface area contributed by atoms with Gasteiger partial charge in [-0.05, 0) is 94.3 Å². The summed E-state index contributed by atoms with van der Waals surface area (Å²) in [5.74, 6) is 1.74. The van der Waals surface area contributed by atoms with Crippen molar-refractivity contribution in [1.82, 2.24) is 0 Å². The summed E-state index contributed by atoms with van der Waals surface area (Å²) in [5, 5.41) is 0. The molecule has 0 bridgehead atoms. The van der Waals surface area contributed by atoms with Crippen molar-refractivity contribution in [3.63, 3.8) is 0 Å². The van der Waals surface area contributed by atoms with Gasteiger partial charge in [-0.2, -0.15) is 0 Å². The molecule has 4 aliphatic rings. The van der Waals surface area contributed by atoms with Crippen LogP contribution in [0.2, 0.25) is 0 Å². The first kappa shape index (κ1) is 22.7. The fraction of sp³-hybridized carbons (Fsp3) is 0.0769. The standard InChI is InChI=1S/C39H27NO/c1-25-19-21-29-30-22-20-26(40-35-15-7-9-17-37(35)41-38-18-10-8-16-36(38)40)24-34(30)39(33(29)23-25)31-13-4-2-3-11-27(31)28-12-5-6-14-32(28)39/h2-12,14-24H,13H2,1H3. The lowest BCUT2D eigenvalue weighted by molar-refractivity contribution is 0.477. The summed E-state index contributed by atoms with van der Waals surface area (Å²) < 4.78 is 6.35. The number of anilines is 3. The Bertz CT molecular complexity index is 1980. The van der Waals surface area contributed by atoms with Gasteiger partial charge in [0.25, 0.3) is 0 Å². The van der Waals surface area contributed by atoms with E-state index in [9.17, 15) is 0 Å². The molecule has 0 fully saturated rings. The van der Waals surface area contributed by atoms with Gasteiger partial charge in [-0.25, -0.2) is 0 Å². The number of fused-ring (bicyclic) bond motifs is 11. The fourth-order valence-electron chi connectivity index (χ4n) is 7.60. The minimum absolute atomic E-state index is 0.344. The van der Waals surface area contributed by atoms with E-state index in [1.165, 1.54) is 50.1 Å². The van der Waals surface area contributed by atoms with Gasteiger partial charge in [-0.3, -0.25) is 0 Å². The highest BCUT2D eigenvalue weighted by molar-refractivity contribution is 5.98. The summed E-state index contributed by atoms with van der Waals surface area (Å²) in [5.41, 5.74) is 15.2.